The molecule has 0 radical (unpaired) electrons. The molecule has 1 aromatic carbocycles. The highest BCUT2D eigenvalue weighted by Gasteiger charge is 2.19. The first kappa shape index (κ1) is 14.1. The van der Waals surface area contributed by atoms with Crippen molar-refractivity contribution in [3.8, 4) is 11.5 Å². The van der Waals surface area contributed by atoms with Crippen LogP contribution in [0.15, 0.2) is 6.07 Å². The van der Waals surface area contributed by atoms with E-state index in [1.54, 1.807) is 13.2 Å². The summed E-state index contributed by atoms with van der Waals surface area (Å²) in [7, 11) is 3.00. The second-order valence-electron chi connectivity index (χ2n) is 4.74. The summed E-state index contributed by atoms with van der Waals surface area (Å²) in [5.41, 5.74) is 1.90. The summed E-state index contributed by atoms with van der Waals surface area (Å²) in [6, 6.07) is 1.55. The molecule has 106 valence electrons. The third-order valence-corrected chi connectivity index (χ3v) is 3.56. The highest BCUT2D eigenvalue weighted by atomic mass is 19.1. The molecule has 5 heteroatoms. The summed E-state index contributed by atoms with van der Waals surface area (Å²) in [6.45, 7) is 6.61. The third-order valence-electron chi connectivity index (χ3n) is 3.56. The smallest absolute Gasteiger partial charge is 0.197 e. The number of benzene rings is 1. The van der Waals surface area contributed by atoms with Crippen LogP contribution < -0.4 is 14.8 Å². The van der Waals surface area contributed by atoms with E-state index in [9.17, 15) is 4.39 Å². The molecule has 2 rings (SSSR count). The quantitative estimate of drug-likeness (QED) is 0.898. The minimum atomic E-state index is -0.366. The first-order valence-electron chi connectivity index (χ1n) is 6.50. The lowest BCUT2D eigenvalue weighted by molar-refractivity contribution is 0.231. The zero-order valence-electron chi connectivity index (χ0n) is 11.8. The number of ether oxygens (including phenoxy) is 2. The van der Waals surface area contributed by atoms with Gasteiger partial charge in [0.05, 0.1) is 14.2 Å². The maximum atomic E-state index is 14.0. The summed E-state index contributed by atoms with van der Waals surface area (Å²) >= 11 is 0. The van der Waals surface area contributed by atoms with Gasteiger partial charge in [0.25, 0.3) is 0 Å². The van der Waals surface area contributed by atoms with E-state index in [-0.39, 0.29) is 11.6 Å². The van der Waals surface area contributed by atoms with Crippen LogP contribution in [0.4, 0.5) is 4.39 Å². The lowest BCUT2D eigenvalue weighted by Gasteiger charge is -2.28. The van der Waals surface area contributed by atoms with E-state index in [0.29, 0.717) is 5.75 Å². The number of nitrogens with zero attached hydrogens (tertiary/aromatic N) is 1. The summed E-state index contributed by atoms with van der Waals surface area (Å²) in [5.74, 6) is 0.312. The Morgan fingerprint density at radius 1 is 1.21 bits per heavy atom. The molecule has 0 atom stereocenters. The molecule has 0 aliphatic carbocycles. The summed E-state index contributed by atoms with van der Waals surface area (Å²) in [6.07, 6.45) is 0. The Balaban J connectivity index is 2.27. The molecule has 0 spiro atoms. The summed E-state index contributed by atoms with van der Waals surface area (Å²) in [4.78, 5) is 2.31. The Bertz CT molecular complexity index is 446. The highest BCUT2D eigenvalue weighted by molar-refractivity contribution is 5.51. The zero-order valence-corrected chi connectivity index (χ0v) is 11.8. The number of rotatable bonds is 4. The summed E-state index contributed by atoms with van der Waals surface area (Å²) < 4.78 is 24.3. The zero-order chi connectivity index (χ0) is 13.8. The molecule has 0 aromatic heterocycles. The molecule has 1 aromatic rings. The number of hydrogen-bond donors (Lipinski definition) is 1. The average Bonchev–Trinajstić information content (AvgIpc) is 2.43. The number of hydrogen-bond acceptors (Lipinski definition) is 4. The van der Waals surface area contributed by atoms with Gasteiger partial charge >= 0.3 is 0 Å². The van der Waals surface area contributed by atoms with Gasteiger partial charge in [-0.15, -0.1) is 0 Å². The molecule has 0 bridgehead atoms. The fourth-order valence-electron chi connectivity index (χ4n) is 2.46. The Kier molecular flexibility index (Phi) is 4.61. The maximum absolute atomic E-state index is 14.0. The molecule has 1 aliphatic rings. The molecular weight excluding hydrogens is 247 g/mol. The van der Waals surface area contributed by atoms with Gasteiger partial charge in [-0.1, -0.05) is 0 Å². The van der Waals surface area contributed by atoms with E-state index in [1.807, 2.05) is 6.92 Å². The first-order chi connectivity index (χ1) is 9.17. The second-order valence-corrected chi connectivity index (χ2v) is 4.74. The largest absolute Gasteiger partial charge is 0.492 e. The highest BCUT2D eigenvalue weighted by Crippen LogP contribution is 2.36. The van der Waals surface area contributed by atoms with E-state index in [0.717, 1.165) is 43.9 Å². The van der Waals surface area contributed by atoms with Gasteiger partial charge in [-0.25, -0.2) is 4.39 Å². The minimum absolute atomic E-state index is 0.184. The van der Waals surface area contributed by atoms with E-state index < -0.39 is 0 Å². The molecule has 1 N–H and O–H groups in total. The second kappa shape index (κ2) is 6.21. The Hall–Kier alpha value is -1.33. The van der Waals surface area contributed by atoms with Crippen LogP contribution in [0.5, 0.6) is 11.5 Å². The third kappa shape index (κ3) is 2.98. The van der Waals surface area contributed by atoms with Gasteiger partial charge in [-0.05, 0) is 24.1 Å². The van der Waals surface area contributed by atoms with Gasteiger partial charge in [0.15, 0.2) is 17.3 Å². The SMILES string of the molecule is COc1c(F)cc(CN2CCNCC2)c(C)c1OC. The van der Waals surface area contributed by atoms with Gasteiger partial charge in [0, 0.05) is 32.7 Å². The molecule has 0 saturated carbocycles. The van der Waals surface area contributed by atoms with Gasteiger partial charge < -0.3 is 14.8 Å². The molecule has 0 unspecified atom stereocenters. The minimum Gasteiger partial charge on any atom is -0.492 e. The van der Waals surface area contributed by atoms with Crippen molar-refractivity contribution in [1.82, 2.24) is 10.2 Å². The number of nitrogens with one attached hydrogen (secondary N) is 1. The van der Waals surface area contributed by atoms with Crippen LogP contribution >= 0.6 is 0 Å². The van der Waals surface area contributed by atoms with Gasteiger partial charge in [-0.2, -0.15) is 0 Å². The lowest BCUT2D eigenvalue weighted by Crippen LogP contribution is -2.43. The number of methoxy groups -OCH3 is 2. The van der Waals surface area contributed by atoms with Crippen molar-refractivity contribution in [3.63, 3.8) is 0 Å². The van der Waals surface area contributed by atoms with Crippen molar-refractivity contribution in [3.05, 3.63) is 23.0 Å². The fourth-order valence-corrected chi connectivity index (χ4v) is 2.46. The van der Waals surface area contributed by atoms with Crippen molar-refractivity contribution in [1.29, 1.82) is 0 Å². The molecule has 19 heavy (non-hydrogen) atoms. The number of piperazine rings is 1. The van der Waals surface area contributed by atoms with Crippen LogP contribution in [0.3, 0.4) is 0 Å². The van der Waals surface area contributed by atoms with Crippen LogP contribution in [0.1, 0.15) is 11.1 Å². The normalized spacial score (nSPS) is 16.4. The molecule has 4 nitrogen and oxygen atoms in total. The van der Waals surface area contributed by atoms with E-state index in [4.69, 9.17) is 9.47 Å². The van der Waals surface area contributed by atoms with E-state index in [1.165, 1.54) is 7.11 Å². The predicted octanol–water partition coefficient (Wildman–Crippen LogP) is 1.56. The molecule has 0 amide bonds. The van der Waals surface area contributed by atoms with Gasteiger partial charge in [0.1, 0.15) is 0 Å². The Morgan fingerprint density at radius 2 is 1.84 bits per heavy atom. The molecular formula is C14H21FN2O2. The van der Waals surface area contributed by atoms with Crippen LogP contribution in [0.25, 0.3) is 0 Å². The molecule has 1 heterocycles. The average molecular weight is 268 g/mol. The Morgan fingerprint density at radius 3 is 2.42 bits per heavy atom. The lowest BCUT2D eigenvalue weighted by atomic mass is 10.1. The van der Waals surface area contributed by atoms with Crippen molar-refractivity contribution in [2.24, 2.45) is 0 Å². The maximum Gasteiger partial charge on any atom is 0.197 e. The predicted molar refractivity (Wildman–Crippen MR) is 72.4 cm³/mol. The monoisotopic (exact) mass is 268 g/mol. The van der Waals surface area contributed by atoms with Gasteiger partial charge in [0.2, 0.25) is 0 Å². The molecule has 1 saturated heterocycles. The first-order valence-corrected chi connectivity index (χ1v) is 6.50. The van der Waals surface area contributed by atoms with Crippen LogP contribution in [-0.4, -0.2) is 45.3 Å². The molecule has 1 aliphatic heterocycles. The van der Waals surface area contributed by atoms with Crippen LogP contribution in [0.2, 0.25) is 0 Å². The van der Waals surface area contributed by atoms with Crippen LogP contribution in [-0.2, 0) is 6.54 Å². The fraction of sp³-hybridized carbons (Fsp3) is 0.571. The van der Waals surface area contributed by atoms with E-state index in [2.05, 4.69) is 10.2 Å². The standard InChI is InChI=1S/C14H21FN2O2/c1-10-11(9-17-6-4-16-5-7-17)8-12(15)14(19-3)13(10)18-2/h8,16H,4-7,9H2,1-3H3. The van der Waals surface area contributed by atoms with Crippen molar-refractivity contribution in [2.45, 2.75) is 13.5 Å². The van der Waals surface area contributed by atoms with E-state index >= 15 is 0 Å². The van der Waals surface area contributed by atoms with Gasteiger partial charge in [-0.3, -0.25) is 4.90 Å². The van der Waals surface area contributed by atoms with Crippen molar-refractivity contribution in [2.75, 3.05) is 40.4 Å². The molecule has 1 fully saturated rings. The number of halogens is 1. The summed E-state index contributed by atoms with van der Waals surface area (Å²) in [5, 5.41) is 3.31. The Labute approximate surface area is 113 Å². The van der Waals surface area contributed by atoms with Crippen molar-refractivity contribution < 1.29 is 13.9 Å². The van der Waals surface area contributed by atoms with Crippen LogP contribution in [0, 0.1) is 12.7 Å². The topological polar surface area (TPSA) is 33.7 Å². The van der Waals surface area contributed by atoms with Crippen molar-refractivity contribution >= 4 is 0 Å².